The molecule has 78 valence electrons. The molecule has 0 radical (unpaired) electrons. The molecule has 0 fully saturated rings. The Morgan fingerprint density at radius 3 is 2.50 bits per heavy atom. The molecule has 14 heavy (non-hydrogen) atoms. The third kappa shape index (κ3) is 2.75. The zero-order valence-corrected chi connectivity index (χ0v) is 8.91. The number of aliphatic hydroxyl groups is 2. The van der Waals surface area contributed by atoms with Crippen LogP contribution in [0.1, 0.15) is 11.7 Å². The second-order valence-corrected chi connectivity index (χ2v) is 3.87. The van der Waals surface area contributed by atoms with E-state index >= 15 is 0 Å². The normalized spacial score (nSPS) is 15.2. The lowest BCUT2D eigenvalue weighted by Gasteiger charge is -2.16. The molecule has 0 bridgehead atoms. The number of nitrogens with two attached hydrogens (primary N) is 1. The molecule has 1 aromatic rings. The molecule has 0 aliphatic heterocycles. The van der Waals surface area contributed by atoms with Crippen LogP contribution in [0.2, 0.25) is 0 Å². The van der Waals surface area contributed by atoms with Crippen molar-refractivity contribution < 1.29 is 14.6 Å². The number of rotatable bonds is 3. The Labute approximate surface area is 89.5 Å². The quantitative estimate of drug-likeness (QED) is 0.761. The van der Waals surface area contributed by atoms with Crippen molar-refractivity contribution in [1.82, 2.24) is 0 Å². The van der Waals surface area contributed by atoms with E-state index in [4.69, 9.17) is 5.73 Å². The van der Waals surface area contributed by atoms with Crippen LogP contribution >= 0.6 is 15.9 Å². The van der Waals surface area contributed by atoms with Crippen LogP contribution < -0.4 is 5.73 Å². The monoisotopic (exact) mass is 263 g/mol. The smallest absolute Gasteiger partial charge is 0.124 e. The van der Waals surface area contributed by atoms with E-state index in [1.165, 1.54) is 12.1 Å². The van der Waals surface area contributed by atoms with Gasteiger partial charge in [-0.05, 0) is 23.8 Å². The highest BCUT2D eigenvalue weighted by atomic mass is 79.9. The Morgan fingerprint density at radius 1 is 1.36 bits per heavy atom. The van der Waals surface area contributed by atoms with Crippen LogP contribution in [-0.4, -0.2) is 22.9 Å². The molecule has 2 atom stereocenters. The molecule has 0 saturated carbocycles. The van der Waals surface area contributed by atoms with E-state index in [0.29, 0.717) is 10.0 Å². The molecule has 3 nitrogen and oxygen atoms in total. The molecular formula is C9H11BrFNO2. The first kappa shape index (κ1) is 11.6. The van der Waals surface area contributed by atoms with Crippen molar-refractivity contribution in [3.63, 3.8) is 0 Å². The summed E-state index contributed by atoms with van der Waals surface area (Å²) in [5, 5.41) is 18.8. The minimum absolute atomic E-state index is 0.0741. The summed E-state index contributed by atoms with van der Waals surface area (Å²) in [7, 11) is 0. The number of hydrogen-bond acceptors (Lipinski definition) is 3. The predicted molar refractivity (Wildman–Crippen MR) is 54.1 cm³/mol. The van der Waals surface area contributed by atoms with Gasteiger partial charge in [-0.3, -0.25) is 0 Å². The van der Waals surface area contributed by atoms with Crippen LogP contribution in [0.25, 0.3) is 0 Å². The fourth-order valence-corrected chi connectivity index (χ4v) is 1.58. The van der Waals surface area contributed by atoms with Crippen LogP contribution in [-0.2, 0) is 0 Å². The van der Waals surface area contributed by atoms with E-state index in [0.717, 1.165) is 6.07 Å². The number of aliphatic hydroxyl groups excluding tert-OH is 2. The van der Waals surface area contributed by atoms with Crippen LogP contribution in [0, 0.1) is 5.82 Å². The Bertz CT molecular complexity index is 301. The number of benzene rings is 1. The van der Waals surface area contributed by atoms with Crippen LogP contribution in [0.5, 0.6) is 0 Å². The van der Waals surface area contributed by atoms with Crippen molar-refractivity contribution in [2.24, 2.45) is 5.73 Å². The van der Waals surface area contributed by atoms with Gasteiger partial charge in [0, 0.05) is 11.0 Å². The van der Waals surface area contributed by atoms with E-state index in [2.05, 4.69) is 15.9 Å². The van der Waals surface area contributed by atoms with Crippen molar-refractivity contribution in [3.8, 4) is 0 Å². The molecule has 0 aromatic heterocycles. The Morgan fingerprint density at radius 2 is 2.00 bits per heavy atom. The first-order valence-corrected chi connectivity index (χ1v) is 4.86. The summed E-state index contributed by atoms with van der Waals surface area (Å²) in [5.41, 5.74) is 5.47. The molecular weight excluding hydrogens is 253 g/mol. The SMILES string of the molecule is NCC(O)C(O)c1cc(F)cc(Br)c1. The van der Waals surface area contributed by atoms with E-state index in [-0.39, 0.29) is 6.54 Å². The van der Waals surface area contributed by atoms with Gasteiger partial charge in [0.05, 0.1) is 6.10 Å². The zero-order chi connectivity index (χ0) is 10.7. The molecule has 0 heterocycles. The predicted octanol–water partition coefficient (Wildman–Crippen LogP) is 0.941. The van der Waals surface area contributed by atoms with Crippen molar-refractivity contribution in [1.29, 1.82) is 0 Å². The summed E-state index contributed by atoms with van der Waals surface area (Å²) in [6.07, 6.45) is -2.24. The highest BCUT2D eigenvalue weighted by molar-refractivity contribution is 9.10. The molecule has 0 aliphatic rings. The minimum Gasteiger partial charge on any atom is -0.389 e. The van der Waals surface area contributed by atoms with Crippen molar-refractivity contribution >= 4 is 15.9 Å². The van der Waals surface area contributed by atoms with Crippen molar-refractivity contribution in [2.75, 3.05) is 6.54 Å². The van der Waals surface area contributed by atoms with Gasteiger partial charge in [-0.1, -0.05) is 15.9 Å². The summed E-state index contributed by atoms with van der Waals surface area (Å²) in [6.45, 7) is -0.0741. The van der Waals surface area contributed by atoms with Gasteiger partial charge < -0.3 is 15.9 Å². The van der Waals surface area contributed by atoms with Gasteiger partial charge in [-0.25, -0.2) is 4.39 Å². The summed E-state index contributed by atoms with van der Waals surface area (Å²) in [4.78, 5) is 0. The second-order valence-electron chi connectivity index (χ2n) is 2.95. The summed E-state index contributed by atoms with van der Waals surface area (Å²) < 4.78 is 13.4. The van der Waals surface area contributed by atoms with E-state index in [1.54, 1.807) is 0 Å². The average molecular weight is 264 g/mol. The van der Waals surface area contributed by atoms with Gasteiger partial charge in [0.25, 0.3) is 0 Å². The largest absolute Gasteiger partial charge is 0.389 e. The van der Waals surface area contributed by atoms with E-state index < -0.39 is 18.0 Å². The van der Waals surface area contributed by atoms with Gasteiger partial charge in [0.1, 0.15) is 11.9 Å². The highest BCUT2D eigenvalue weighted by Crippen LogP contribution is 2.22. The molecule has 0 saturated heterocycles. The molecule has 4 N–H and O–H groups in total. The van der Waals surface area contributed by atoms with E-state index in [9.17, 15) is 14.6 Å². The third-order valence-corrected chi connectivity index (χ3v) is 2.29. The lowest BCUT2D eigenvalue weighted by molar-refractivity contribution is 0.0241. The molecule has 1 aromatic carbocycles. The maximum absolute atomic E-state index is 12.9. The molecule has 5 heteroatoms. The maximum Gasteiger partial charge on any atom is 0.124 e. The van der Waals surface area contributed by atoms with Gasteiger partial charge >= 0.3 is 0 Å². The summed E-state index contributed by atoms with van der Waals surface area (Å²) in [6, 6.07) is 3.96. The highest BCUT2D eigenvalue weighted by Gasteiger charge is 2.17. The number of halogens is 2. The van der Waals surface area contributed by atoms with Crippen LogP contribution in [0.15, 0.2) is 22.7 Å². The van der Waals surface area contributed by atoms with Crippen molar-refractivity contribution in [2.45, 2.75) is 12.2 Å². The van der Waals surface area contributed by atoms with Crippen molar-refractivity contribution in [3.05, 3.63) is 34.1 Å². The van der Waals surface area contributed by atoms with Gasteiger partial charge in [0.15, 0.2) is 0 Å². The Balaban J connectivity index is 2.94. The molecule has 0 amide bonds. The van der Waals surface area contributed by atoms with Gasteiger partial charge in [-0.15, -0.1) is 0 Å². The lowest BCUT2D eigenvalue weighted by atomic mass is 10.0. The molecule has 0 aliphatic carbocycles. The Hall–Kier alpha value is -0.490. The van der Waals surface area contributed by atoms with Crippen LogP contribution in [0.3, 0.4) is 0 Å². The molecule has 0 spiro atoms. The number of hydrogen-bond donors (Lipinski definition) is 3. The van der Waals surface area contributed by atoms with Gasteiger partial charge in [-0.2, -0.15) is 0 Å². The first-order valence-electron chi connectivity index (χ1n) is 4.06. The fourth-order valence-electron chi connectivity index (χ4n) is 1.10. The lowest BCUT2D eigenvalue weighted by Crippen LogP contribution is -2.27. The van der Waals surface area contributed by atoms with Gasteiger partial charge in [0.2, 0.25) is 0 Å². The molecule has 2 unspecified atom stereocenters. The Kier molecular flexibility index (Phi) is 4.00. The average Bonchev–Trinajstić information content (AvgIpc) is 2.14. The summed E-state index contributed by atoms with van der Waals surface area (Å²) >= 11 is 3.09. The first-order chi connectivity index (χ1) is 6.54. The zero-order valence-electron chi connectivity index (χ0n) is 7.32. The fraction of sp³-hybridized carbons (Fsp3) is 0.333. The second kappa shape index (κ2) is 4.84. The standard InChI is InChI=1S/C9H11BrFNO2/c10-6-1-5(2-7(11)3-6)9(14)8(13)4-12/h1-3,8-9,13-14H,4,12H2. The maximum atomic E-state index is 12.9. The van der Waals surface area contributed by atoms with E-state index in [1.807, 2.05) is 0 Å². The topological polar surface area (TPSA) is 66.5 Å². The van der Waals surface area contributed by atoms with Crippen LogP contribution in [0.4, 0.5) is 4.39 Å². The summed E-state index contributed by atoms with van der Waals surface area (Å²) in [5.74, 6) is -0.474. The third-order valence-electron chi connectivity index (χ3n) is 1.83. The molecule has 1 rings (SSSR count). The minimum atomic E-state index is -1.16.